The molecule has 3 heterocycles. The van der Waals surface area contributed by atoms with E-state index in [4.69, 9.17) is 4.74 Å². The number of nitrogens with one attached hydrogen (secondary N) is 1. The molecule has 0 aliphatic carbocycles. The average Bonchev–Trinajstić information content (AvgIpc) is 3.22. The van der Waals surface area contributed by atoms with Gasteiger partial charge in [-0.2, -0.15) is 18.3 Å². The van der Waals surface area contributed by atoms with Gasteiger partial charge < -0.3 is 9.64 Å². The first-order valence-corrected chi connectivity index (χ1v) is 10.1. The van der Waals surface area contributed by atoms with Crippen LogP contribution in [0.3, 0.4) is 0 Å². The van der Waals surface area contributed by atoms with Crippen LogP contribution < -0.4 is 4.74 Å². The molecule has 0 bridgehead atoms. The van der Waals surface area contributed by atoms with Crippen molar-refractivity contribution in [2.75, 3.05) is 13.1 Å². The summed E-state index contributed by atoms with van der Waals surface area (Å²) in [7, 11) is 0. The van der Waals surface area contributed by atoms with Gasteiger partial charge in [-0.05, 0) is 48.9 Å². The van der Waals surface area contributed by atoms with Crippen molar-refractivity contribution in [3.63, 3.8) is 0 Å². The standard InChI is InChI=1S/C23H20F3N3O2/c1-14-10-16(11-17-13-27-28-20(14)17)21(30)29-8-6-22(7-9-29)5-4-15-12-18(23(24,25)26)2-3-19(15)31-22/h2-5,10-13H,6-9H2,1H3,(H,27,28). The molecule has 0 radical (unpaired) electrons. The predicted molar refractivity (Wildman–Crippen MR) is 110 cm³/mol. The summed E-state index contributed by atoms with van der Waals surface area (Å²) in [6.07, 6.45) is 1.99. The van der Waals surface area contributed by atoms with Gasteiger partial charge in [0.15, 0.2) is 0 Å². The minimum absolute atomic E-state index is 0.0453. The van der Waals surface area contributed by atoms with E-state index in [1.54, 1.807) is 17.2 Å². The Labute approximate surface area is 176 Å². The predicted octanol–water partition coefficient (Wildman–Crippen LogP) is 4.97. The lowest BCUT2D eigenvalue weighted by molar-refractivity contribution is -0.137. The van der Waals surface area contributed by atoms with E-state index >= 15 is 0 Å². The summed E-state index contributed by atoms with van der Waals surface area (Å²) in [6, 6.07) is 7.22. The Morgan fingerprint density at radius 3 is 2.71 bits per heavy atom. The van der Waals surface area contributed by atoms with E-state index in [-0.39, 0.29) is 5.91 Å². The Bertz CT molecular complexity index is 1200. The molecule has 2 aliphatic heterocycles. The molecule has 1 aromatic heterocycles. The third kappa shape index (κ3) is 3.45. The van der Waals surface area contributed by atoms with E-state index in [9.17, 15) is 18.0 Å². The lowest BCUT2D eigenvalue weighted by Gasteiger charge is -2.42. The Kier molecular flexibility index (Phi) is 4.35. The number of benzene rings is 2. The molecule has 0 saturated carbocycles. The second-order valence-electron chi connectivity index (χ2n) is 8.17. The van der Waals surface area contributed by atoms with Gasteiger partial charge in [0.2, 0.25) is 0 Å². The van der Waals surface area contributed by atoms with Crippen molar-refractivity contribution in [3.05, 3.63) is 64.9 Å². The number of fused-ring (bicyclic) bond motifs is 2. The van der Waals surface area contributed by atoms with Crippen molar-refractivity contribution in [1.82, 2.24) is 15.1 Å². The lowest BCUT2D eigenvalue weighted by atomic mass is 9.87. The zero-order chi connectivity index (χ0) is 21.8. The molecule has 3 aromatic rings. The number of hydrogen-bond acceptors (Lipinski definition) is 3. The Morgan fingerprint density at radius 2 is 1.97 bits per heavy atom. The van der Waals surface area contributed by atoms with Gasteiger partial charge in [-0.1, -0.05) is 6.08 Å². The van der Waals surface area contributed by atoms with Gasteiger partial charge in [-0.3, -0.25) is 9.89 Å². The summed E-state index contributed by atoms with van der Waals surface area (Å²) >= 11 is 0. The molecule has 1 N–H and O–H groups in total. The maximum atomic E-state index is 13.0. The first-order chi connectivity index (χ1) is 14.7. The summed E-state index contributed by atoms with van der Waals surface area (Å²) in [5, 5.41) is 7.86. The van der Waals surface area contributed by atoms with Crippen LogP contribution >= 0.6 is 0 Å². The number of halogens is 3. The third-order valence-electron chi connectivity index (χ3n) is 6.11. The molecular formula is C23H20F3N3O2. The van der Waals surface area contributed by atoms with Crippen molar-refractivity contribution in [2.45, 2.75) is 31.5 Å². The van der Waals surface area contributed by atoms with Crippen molar-refractivity contribution in [1.29, 1.82) is 0 Å². The number of piperidine rings is 1. The molecule has 5 rings (SSSR count). The van der Waals surface area contributed by atoms with Gasteiger partial charge in [-0.15, -0.1) is 0 Å². The quantitative estimate of drug-likeness (QED) is 0.597. The smallest absolute Gasteiger partial charge is 0.416 e. The summed E-state index contributed by atoms with van der Waals surface area (Å²) in [5.74, 6) is 0.396. The highest BCUT2D eigenvalue weighted by atomic mass is 19.4. The van der Waals surface area contributed by atoms with E-state index in [2.05, 4.69) is 10.2 Å². The first-order valence-electron chi connectivity index (χ1n) is 10.1. The Hall–Kier alpha value is -3.29. The molecule has 8 heteroatoms. The fourth-order valence-corrected chi connectivity index (χ4v) is 4.34. The molecule has 2 aromatic carbocycles. The monoisotopic (exact) mass is 427 g/mol. The Morgan fingerprint density at radius 1 is 1.19 bits per heavy atom. The minimum atomic E-state index is -4.39. The first kappa shape index (κ1) is 19.7. The molecular weight excluding hydrogens is 407 g/mol. The number of ether oxygens (including phenoxy) is 1. The van der Waals surface area contributed by atoms with Crippen molar-refractivity contribution >= 4 is 22.9 Å². The van der Waals surface area contributed by atoms with E-state index < -0.39 is 17.3 Å². The number of carbonyl (C=O) groups is 1. The highest BCUT2D eigenvalue weighted by molar-refractivity contribution is 5.98. The molecule has 1 amide bonds. The fourth-order valence-electron chi connectivity index (χ4n) is 4.34. The molecule has 1 fully saturated rings. The summed E-state index contributed by atoms with van der Waals surface area (Å²) in [4.78, 5) is 14.8. The van der Waals surface area contributed by atoms with Crippen LogP contribution in [0.4, 0.5) is 13.2 Å². The zero-order valence-electron chi connectivity index (χ0n) is 16.8. The number of rotatable bonds is 1. The summed E-state index contributed by atoms with van der Waals surface area (Å²) in [6.45, 7) is 2.94. The molecule has 0 atom stereocenters. The molecule has 1 spiro atoms. The van der Waals surface area contributed by atoms with E-state index in [0.29, 0.717) is 42.8 Å². The number of amides is 1. The zero-order valence-corrected chi connectivity index (χ0v) is 16.8. The maximum Gasteiger partial charge on any atom is 0.416 e. The largest absolute Gasteiger partial charge is 0.482 e. The van der Waals surface area contributed by atoms with Crippen LogP contribution in [0.5, 0.6) is 5.75 Å². The van der Waals surface area contributed by atoms with Crippen LogP contribution in [0, 0.1) is 6.92 Å². The van der Waals surface area contributed by atoms with Crippen LogP contribution in [0.25, 0.3) is 17.0 Å². The molecule has 160 valence electrons. The number of alkyl halides is 3. The molecule has 31 heavy (non-hydrogen) atoms. The van der Waals surface area contributed by atoms with E-state index in [0.717, 1.165) is 28.6 Å². The van der Waals surface area contributed by atoms with Gasteiger partial charge in [0.1, 0.15) is 11.4 Å². The summed E-state index contributed by atoms with van der Waals surface area (Å²) in [5.41, 5.74) is 1.62. The highest BCUT2D eigenvalue weighted by Crippen LogP contribution is 2.40. The summed E-state index contributed by atoms with van der Waals surface area (Å²) < 4.78 is 45.0. The molecule has 1 saturated heterocycles. The molecule has 2 aliphatic rings. The van der Waals surface area contributed by atoms with Gasteiger partial charge in [0.05, 0.1) is 17.3 Å². The number of hydrogen-bond donors (Lipinski definition) is 1. The van der Waals surface area contributed by atoms with Crippen LogP contribution in [0.15, 0.2) is 42.6 Å². The fraction of sp³-hybridized carbons (Fsp3) is 0.304. The van der Waals surface area contributed by atoms with Crippen LogP contribution in [0.1, 0.15) is 39.9 Å². The van der Waals surface area contributed by atoms with Crippen molar-refractivity contribution in [3.8, 4) is 5.75 Å². The van der Waals surface area contributed by atoms with Crippen molar-refractivity contribution in [2.24, 2.45) is 0 Å². The van der Waals surface area contributed by atoms with Crippen LogP contribution in [0.2, 0.25) is 0 Å². The second kappa shape index (κ2) is 6.87. The number of carbonyl (C=O) groups excluding carboxylic acids is 1. The van der Waals surface area contributed by atoms with E-state index in [1.165, 1.54) is 6.07 Å². The number of H-pyrrole nitrogens is 1. The van der Waals surface area contributed by atoms with Gasteiger partial charge in [0, 0.05) is 42.4 Å². The number of likely N-dealkylation sites (tertiary alicyclic amines) is 1. The highest BCUT2D eigenvalue weighted by Gasteiger charge is 2.39. The molecule has 0 unspecified atom stereocenters. The average molecular weight is 427 g/mol. The molecule has 5 nitrogen and oxygen atoms in total. The number of aryl methyl sites for hydroxylation is 1. The van der Waals surface area contributed by atoms with E-state index in [1.807, 2.05) is 25.1 Å². The second-order valence-corrected chi connectivity index (χ2v) is 8.17. The minimum Gasteiger partial charge on any atom is -0.482 e. The number of aromatic nitrogens is 2. The SMILES string of the molecule is Cc1cc(C(=O)N2CCC3(C=Cc4cc(C(F)(F)F)ccc4O3)CC2)cc2cn[nH]c12. The Balaban J connectivity index is 1.31. The maximum absolute atomic E-state index is 13.0. The topological polar surface area (TPSA) is 58.2 Å². The van der Waals surface area contributed by atoms with Gasteiger partial charge in [-0.25, -0.2) is 0 Å². The van der Waals surface area contributed by atoms with Crippen LogP contribution in [-0.2, 0) is 6.18 Å². The van der Waals surface area contributed by atoms with Crippen molar-refractivity contribution < 1.29 is 22.7 Å². The lowest BCUT2D eigenvalue weighted by Crippen LogP contribution is -2.49. The number of nitrogens with zero attached hydrogens (tertiary/aromatic N) is 2. The van der Waals surface area contributed by atoms with Gasteiger partial charge >= 0.3 is 6.18 Å². The normalized spacial score (nSPS) is 17.6. The van der Waals surface area contributed by atoms with Crippen LogP contribution in [-0.4, -0.2) is 39.7 Å². The van der Waals surface area contributed by atoms with Gasteiger partial charge in [0.25, 0.3) is 5.91 Å². The third-order valence-corrected chi connectivity index (χ3v) is 6.11. The number of aromatic amines is 1.